The van der Waals surface area contributed by atoms with E-state index in [1.165, 1.54) is 6.42 Å². The van der Waals surface area contributed by atoms with Gasteiger partial charge in [0, 0.05) is 22.0 Å². The highest BCUT2D eigenvalue weighted by atomic mass is 79.9. The number of likely N-dealkylation sites (tertiary alicyclic amines) is 1. The summed E-state index contributed by atoms with van der Waals surface area (Å²) >= 11 is 6.70. The van der Waals surface area contributed by atoms with Gasteiger partial charge in [-0.2, -0.15) is 0 Å². The van der Waals surface area contributed by atoms with Gasteiger partial charge < -0.3 is 10.2 Å². The number of rotatable bonds is 3. The number of benzene rings is 1. The van der Waals surface area contributed by atoms with Crippen molar-refractivity contribution in [2.45, 2.75) is 32.2 Å². The van der Waals surface area contributed by atoms with Crippen LogP contribution in [0.25, 0.3) is 0 Å². The summed E-state index contributed by atoms with van der Waals surface area (Å²) < 4.78 is 1.53. The average Bonchev–Trinajstić information content (AvgIpc) is 2.49. The molecule has 0 aliphatic carbocycles. The van der Waals surface area contributed by atoms with E-state index in [4.69, 9.17) is 0 Å². The molecule has 1 aromatic carbocycles. The van der Waals surface area contributed by atoms with Gasteiger partial charge in [0.05, 0.1) is 5.56 Å². The number of hydrogen-bond donors (Lipinski definition) is 1. The van der Waals surface area contributed by atoms with Gasteiger partial charge in [0.15, 0.2) is 0 Å². The molecule has 0 aromatic heterocycles. The predicted octanol–water partition coefficient (Wildman–Crippen LogP) is 3.34. The molecule has 1 atom stereocenters. The Morgan fingerprint density at radius 2 is 1.86 bits per heavy atom. The van der Waals surface area contributed by atoms with E-state index in [1.54, 1.807) is 19.1 Å². The second-order valence-electron chi connectivity index (χ2n) is 5.21. The maximum atomic E-state index is 12.3. The van der Waals surface area contributed by atoms with Gasteiger partial charge in [-0.15, -0.1) is 0 Å². The lowest BCUT2D eigenvalue weighted by Crippen LogP contribution is -2.48. The molecular weight excluding hydrogens is 400 g/mol. The van der Waals surface area contributed by atoms with E-state index in [1.807, 2.05) is 11.0 Å². The number of halogens is 2. The van der Waals surface area contributed by atoms with Crippen LogP contribution in [0.4, 0.5) is 0 Å². The molecule has 1 N–H and O–H groups in total. The van der Waals surface area contributed by atoms with Gasteiger partial charge in [-0.1, -0.05) is 15.9 Å². The molecule has 1 aliphatic heterocycles. The van der Waals surface area contributed by atoms with Gasteiger partial charge in [-0.25, -0.2) is 0 Å². The zero-order chi connectivity index (χ0) is 15.4. The van der Waals surface area contributed by atoms with Crippen LogP contribution in [-0.2, 0) is 4.79 Å². The molecule has 4 nitrogen and oxygen atoms in total. The van der Waals surface area contributed by atoms with Gasteiger partial charge >= 0.3 is 0 Å². The lowest BCUT2D eigenvalue weighted by Gasteiger charge is -2.29. The standard InChI is InChI=1S/C15H18Br2N2O2/c1-10(15(21)19-7-3-2-4-8-19)18-14(20)12-9-11(16)5-6-13(12)17/h5-6,9-10H,2-4,7-8H2,1H3,(H,18,20). The molecule has 1 saturated heterocycles. The largest absolute Gasteiger partial charge is 0.341 e. The van der Waals surface area contributed by atoms with Gasteiger partial charge in [0.1, 0.15) is 6.04 Å². The lowest BCUT2D eigenvalue weighted by molar-refractivity contribution is -0.133. The number of hydrogen-bond acceptors (Lipinski definition) is 2. The van der Waals surface area contributed by atoms with Crippen LogP contribution in [0.5, 0.6) is 0 Å². The normalized spacial score (nSPS) is 16.4. The molecule has 2 amide bonds. The fourth-order valence-corrected chi connectivity index (χ4v) is 3.18. The van der Waals surface area contributed by atoms with Crippen molar-refractivity contribution >= 4 is 43.7 Å². The highest BCUT2D eigenvalue weighted by Gasteiger charge is 2.24. The van der Waals surface area contributed by atoms with Crippen molar-refractivity contribution in [3.63, 3.8) is 0 Å². The summed E-state index contributed by atoms with van der Waals surface area (Å²) in [6, 6.07) is 4.87. The van der Waals surface area contributed by atoms with Gasteiger partial charge in [0.25, 0.3) is 5.91 Å². The van der Waals surface area contributed by atoms with Crippen molar-refractivity contribution < 1.29 is 9.59 Å². The minimum absolute atomic E-state index is 0.00540. The molecule has 0 saturated carbocycles. The van der Waals surface area contributed by atoms with Crippen LogP contribution >= 0.6 is 31.9 Å². The molecule has 1 aliphatic rings. The molecule has 1 heterocycles. The fraction of sp³-hybridized carbons (Fsp3) is 0.467. The SMILES string of the molecule is CC(NC(=O)c1cc(Br)ccc1Br)C(=O)N1CCCCC1. The van der Waals surface area contributed by atoms with Crippen molar-refractivity contribution in [1.29, 1.82) is 0 Å². The number of nitrogens with one attached hydrogen (secondary N) is 1. The van der Waals surface area contributed by atoms with Crippen molar-refractivity contribution in [2.75, 3.05) is 13.1 Å². The van der Waals surface area contributed by atoms with Gasteiger partial charge in [0.2, 0.25) is 5.91 Å². The molecule has 114 valence electrons. The van der Waals surface area contributed by atoms with Crippen molar-refractivity contribution in [1.82, 2.24) is 10.2 Å². The molecule has 21 heavy (non-hydrogen) atoms. The summed E-state index contributed by atoms with van der Waals surface area (Å²) in [6.07, 6.45) is 3.27. The van der Waals surface area contributed by atoms with Crippen molar-refractivity contribution in [3.05, 3.63) is 32.7 Å². The third-order valence-corrected chi connectivity index (χ3v) is 4.74. The Bertz CT molecular complexity index is 542. The van der Waals surface area contributed by atoms with E-state index in [0.29, 0.717) is 10.0 Å². The van der Waals surface area contributed by atoms with E-state index >= 15 is 0 Å². The van der Waals surface area contributed by atoms with Crippen LogP contribution in [0.15, 0.2) is 27.1 Å². The highest BCUT2D eigenvalue weighted by molar-refractivity contribution is 9.11. The summed E-state index contributed by atoms with van der Waals surface area (Å²) in [6.45, 7) is 3.32. The molecule has 0 radical (unpaired) electrons. The van der Waals surface area contributed by atoms with Crippen LogP contribution in [0, 0.1) is 0 Å². The molecule has 0 spiro atoms. The molecule has 2 rings (SSSR count). The smallest absolute Gasteiger partial charge is 0.253 e. The van der Waals surface area contributed by atoms with E-state index in [-0.39, 0.29) is 11.8 Å². The van der Waals surface area contributed by atoms with E-state index in [0.717, 1.165) is 30.4 Å². The second-order valence-corrected chi connectivity index (χ2v) is 6.98. The third-order valence-electron chi connectivity index (χ3n) is 3.56. The summed E-state index contributed by atoms with van der Waals surface area (Å²) in [7, 11) is 0. The van der Waals surface area contributed by atoms with Gasteiger partial charge in [-0.3, -0.25) is 9.59 Å². The number of carbonyl (C=O) groups excluding carboxylic acids is 2. The Morgan fingerprint density at radius 3 is 2.52 bits per heavy atom. The Labute approximate surface area is 141 Å². The number of amides is 2. The fourth-order valence-electron chi connectivity index (χ4n) is 2.40. The summed E-state index contributed by atoms with van der Waals surface area (Å²) in [5, 5.41) is 2.78. The van der Waals surface area contributed by atoms with Crippen LogP contribution in [0.2, 0.25) is 0 Å². The van der Waals surface area contributed by atoms with Crippen LogP contribution in [-0.4, -0.2) is 35.8 Å². The molecule has 0 bridgehead atoms. The van der Waals surface area contributed by atoms with Crippen molar-refractivity contribution in [3.8, 4) is 0 Å². The first-order chi connectivity index (χ1) is 9.99. The monoisotopic (exact) mass is 416 g/mol. The predicted molar refractivity (Wildman–Crippen MR) is 89.2 cm³/mol. The first-order valence-electron chi connectivity index (χ1n) is 7.04. The second kappa shape index (κ2) is 7.40. The number of nitrogens with zero attached hydrogens (tertiary/aromatic N) is 1. The molecule has 6 heteroatoms. The Balaban J connectivity index is 2.01. The average molecular weight is 418 g/mol. The van der Waals surface area contributed by atoms with Crippen molar-refractivity contribution in [2.24, 2.45) is 0 Å². The molecule has 1 unspecified atom stereocenters. The molecule has 1 aromatic rings. The topological polar surface area (TPSA) is 49.4 Å². The Kier molecular flexibility index (Phi) is 5.81. The summed E-state index contributed by atoms with van der Waals surface area (Å²) in [5.74, 6) is -0.254. The first-order valence-corrected chi connectivity index (χ1v) is 8.62. The Morgan fingerprint density at radius 1 is 1.19 bits per heavy atom. The maximum Gasteiger partial charge on any atom is 0.253 e. The van der Waals surface area contributed by atoms with E-state index < -0.39 is 6.04 Å². The minimum Gasteiger partial charge on any atom is -0.341 e. The van der Waals surface area contributed by atoms with Crippen LogP contribution in [0.1, 0.15) is 36.5 Å². The quantitative estimate of drug-likeness (QED) is 0.819. The first kappa shape index (κ1) is 16.5. The third kappa shape index (κ3) is 4.30. The number of piperidine rings is 1. The van der Waals surface area contributed by atoms with Gasteiger partial charge in [-0.05, 0) is 60.3 Å². The molecule has 1 fully saturated rings. The summed E-state index contributed by atoms with van der Waals surface area (Å²) in [5.41, 5.74) is 0.516. The number of carbonyl (C=O) groups is 2. The lowest BCUT2D eigenvalue weighted by atomic mass is 10.1. The van der Waals surface area contributed by atoms with E-state index in [2.05, 4.69) is 37.2 Å². The maximum absolute atomic E-state index is 12.3. The minimum atomic E-state index is -0.513. The zero-order valence-electron chi connectivity index (χ0n) is 11.9. The van der Waals surface area contributed by atoms with Crippen LogP contribution in [0.3, 0.4) is 0 Å². The summed E-state index contributed by atoms with van der Waals surface area (Å²) in [4.78, 5) is 26.4. The Hall–Kier alpha value is -0.880. The van der Waals surface area contributed by atoms with E-state index in [9.17, 15) is 9.59 Å². The zero-order valence-corrected chi connectivity index (χ0v) is 15.0. The molecular formula is C15H18Br2N2O2. The highest BCUT2D eigenvalue weighted by Crippen LogP contribution is 2.21. The van der Waals surface area contributed by atoms with Crippen LogP contribution < -0.4 is 5.32 Å².